The van der Waals surface area contributed by atoms with Crippen LogP contribution in [0.4, 0.5) is 0 Å². The number of esters is 1. The van der Waals surface area contributed by atoms with Crippen molar-refractivity contribution in [1.82, 2.24) is 5.32 Å². The van der Waals surface area contributed by atoms with Gasteiger partial charge in [0.25, 0.3) is 0 Å². The molecular weight excluding hydrogens is 194 g/mol. The van der Waals surface area contributed by atoms with E-state index in [1.54, 1.807) is 6.92 Å². The Morgan fingerprint density at radius 1 is 1.33 bits per heavy atom. The summed E-state index contributed by atoms with van der Waals surface area (Å²) in [7, 11) is 0. The highest BCUT2D eigenvalue weighted by Crippen LogP contribution is 2.08. The second-order valence-electron chi connectivity index (χ2n) is 4.04. The number of ether oxygens (including phenoxy) is 1. The van der Waals surface area contributed by atoms with Gasteiger partial charge >= 0.3 is 5.97 Å². The monoisotopic (exact) mass is 215 g/mol. The summed E-state index contributed by atoms with van der Waals surface area (Å²) in [6.07, 6.45) is 1.05. The molecule has 1 atom stereocenters. The average molecular weight is 215 g/mol. The fourth-order valence-corrected chi connectivity index (χ4v) is 1.47. The third kappa shape index (κ3) is 7.97. The summed E-state index contributed by atoms with van der Waals surface area (Å²) >= 11 is 0. The molecule has 0 aliphatic heterocycles. The van der Waals surface area contributed by atoms with E-state index < -0.39 is 0 Å². The van der Waals surface area contributed by atoms with E-state index >= 15 is 0 Å². The fourth-order valence-electron chi connectivity index (χ4n) is 1.47. The molecule has 1 N–H and O–H groups in total. The Balaban J connectivity index is 4.11. The molecular formula is C11H21NO3. The van der Waals surface area contributed by atoms with Crippen molar-refractivity contribution >= 4 is 11.9 Å². The molecule has 0 heterocycles. The zero-order valence-corrected chi connectivity index (χ0v) is 10.0. The van der Waals surface area contributed by atoms with Crippen LogP contribution in [-0.2, 0) is 14.3 Å². The molecule has 0 aliphatic carbocycles. The van der Waals surface area contributed by atoms with Crippen molar-refractivity contribution < 1.29 is 14.3 Å². The Labute approximate surface area is 91.4 Å². The van der Waals surface area contributed by atoms with Gasteiger partial charge in [-0.25, -0.2) is 0 Å². The van der Waals surface area contributed by atoms with Gasteiger partial charge < -0.3 is 10.1 Å². The third-order valence-corrected chi connectivity index (χ3v) is 1.88. The van der Waals surface area contributed by atoms with E-state index in [1.165, 1.54) is 6.92 Å². The molecule has 1 amide bonds. The van der Waals surface area contributed by atoms with Crippen molar-refractivity contribution in [3.63, 3.8) is 0 Å². The summed E-state index contributed by atoms with van der Waals surface area (Å²) in [4.78, 5) is 22.2. The number of nitrogens with one attached hydrogen (secondary N) is 1. The Kier molecular flexibility index (Phi) is 6.75. The van der Waals surface area contributed by atoms with Gasteiger partial charge in [-0.2, -0.15) is 0 Å². The summed E-state index contributed by atoms with van der Waals surface area (Å²) in [6, 6.07) is -0.110. The maximum atomic E-state index is 11.2. The van der Waals surface area contributed by atoms with Crippen molar-refractivity contribution in [3.8, 4) is 0 Å². The van der Waals surface area contributed by atoms with E-state index in [2.05, 4.69) is 19.2 Å². The number of rotatable bonds is 6. The SMILES string of the molecule is CCOC(=O)CC(CC(C)C)NC(C)=O. The molecule has 0 fully saturated rings. The largest absolute Gasteiger partial charge is 0.466 e. The molecule has 0 saturated heterocycles. The maximum absolute atomic E-state index is 11.2. The first-order valence-electron chi connectivity index (χ1n) is 5.38. The third-order valence-electron chi connectivity index (χ3n) is 1.88. The van der Waals surface area contributed by atoms with E-state index in [1.807, 2.05) is 0 Å². The molecule has 0 saturated carbocycles. The minimum Gasteiger partial charge on any atom is -0.466 e. The van der Waals surface area contributed by atoms with Crippen LogP contribution in [0.3, 0.4) is 0 Å². The Morgan fingerprint density at radius 2 is 1.93 bits per heavy atom. The fraction of sp³-hybridized carbons (Fsp3) is 0.818. The van der Waals surface area contributed by atoms with Gasteiger partial charge in [0.1, 0.15) is 0 Å². The molecule has 88 valence electrons. The number of hydrogen-bond acceptors (Lipinski definition) is 3. The number of hydrogen-bond donors (Lipinski definition) is 1. The average Bonchev–Trinajstić information content (AvgIpc) is 2.00. The molecule has 0 aromatic carbocycles. The molecule has 0 spiro atoms. The van der Waals surface area contributed by atoms with E-state index in [0.29, 0.717) is 12.5 Å². The van der Waals surface area contributed by atoms with E-state index in [4.69, 9.17) is 4.74 Å². The molecule has 0 aromatic rings. The molecule has 4 nitrogen and oxygen atoms in total. The molecule has 1 unspecified atom stereocenters. The summed E-state index contributed by atoms with van der Waals surface area (Å²) in [5.41, 5.74) is 0. The smallest absolute Gasteiger partial charge is 0.307 e. The summed E-state index contributed by atoms with van der Waals surface area (Å²) in [6.45, 7) is 7.72. The van der Waals surface area contributed by atoms with Crippen LogP contribution in [0.15, 0.2) is 0 Å². The van der Waals surface area contributed by atoms with E-state index in [-0.39, 0.29) is 24.3 Å². The van der Waals surface area contributed by atoms with Gasteiger partial charge in [-0.05, 0) is 19.3 Å². The molecule has 0 aliphatic rings. The summed E-state index contributed by atoms with van der Waals surface area (Å²) in [5, 5.41) is 2.76. The normalized spacial score (nSPS) is 12.3. The number of carbonyl (C=O) groups is 2. The minimum absolute atomic E-state index is 0.107. The highest BCUT2D eigenvalue weighted by molar-refractivity contribution is 5.75. The summed E-state index contributed by atoms with van der Waals surface area (Å²) < 4.78 is 4.85. The van der Waals surface area contributed by atoms with Crippen LogP contribution in [0.1, 0.15) is 40.5 Å². The zero-order valence-electron chi connectivity index (χ0n) is 10.0. The van der Waals surface area contributed by atoms with E-state index in [0.717, 1.165) is 6.42 Å². The maximum Gasteiger partial charge on any atom is 0.307 e. The van der Waals surface area contributed by atoms with Crippen LogP contribution >= 0.6 is 0 Å². The lowest BCUT2D eigenvalue weighted by molar-refractivity contribution is -0.143. The van der Waals surface area contributed by atoms with Gasteiger partial charge in [0, 0.05) is 13.0 Å². The number of amides is 1. The highest BCUT2D eigenvalue weighted by Gasteiger charge is 2.16. The molecule has 0 bridgehead atoms. The van der Waals surface area contributed by atoms with Crippen molar-refractivity contribution in [3.05, 3.63) is 0 Å². The second-order valence-corrected chi connectivity index (χ2v) is 4.04. The van der Waals surface area contributed by atoms with E-state index in [9.17, 15) is 9.59 Å². The molecule has 15 heavy (non-hydrogen) atoms. The minimum atomic E-state index is -0.253. The van der Waals surface area contributed by atoms with Gasteiger partial charge in [-0.3, -0.25) is 9.59 Å². The second kappa shape index (κ2) is 7.26. The first-order valence-corrected chi connectivity index (χ1v) is 5.38. The van der Waals surface area contributed by atoms with Gasteiger partial charge in [-0.15, -0.1) is 0 Å². The predicted octanol–water partition coefficient (Wildman–Crippen LogP) is 1.49. The molecule has 0 radical (unpaired) electrons. The summed E-state index contributed by atoms with van der Waals surface area (Å²) in [5.74, 6) is 0.0816. The van der Waals surface area contributed by atoms with Crippen molar-refractivity contribution in [1.29, 1.82) is 0 Å². The number of carbonyl (C=O) groups excluding carboxylic acids is 2. The molecule has 0 aromatic heterocycles. The van der Waals surface area contributed by atoms with Gasteiger partial charge in [0.15, 0.2) is 0 Å². The Bertz CT molecular complexity index is 214. The first-order chi connectivity index (χ1) is 6.95. The van der Waals surface area contributed by atoms with Crippen LogP contribution in [0.25, 0.3) is 0 Å². The van der Waals surface area contributed by atoms with Gasteiger partial charge in [0.05, 0.1) is 13.0 Å². The van der Waals surface area contributed by atoms with Crippen LogP contribution in [-0.4, -0.2) is 24.5 Å². The van der Waals surface area contributed by atoms with Crippen LogP contribution < -0.4 is 5.32 Å². The van der Waals surface area contributed by atoms with Crippen molar-refractivity contribution in [2.45, 2.75) is 46.6 Å². The standard InChI is InChI=1S/C11H21NO3/c1-5-15-11(14)7-10(6-8(2)3)12-9(4)13/h8,10H,5-7H2,1-4H3,(H,12,13). The lowest BCUT2D eigenvalue weighted by Crippen LogP contribution is -2.36. The Morgan fingerprint density at radius 3 is 2.33 bits per heavy atom. The van der Waals surface area contributed by atoms with Crippen molar-refractivity contribution in [2.75, 3.05) is 6.61 Å². The zero-order chi connectivity index (χ0) is 11.8. The topological polar surface area (TPSA) is 55.4 Å². The first kappa shape index (κ1) is 13.9. The quantitative estimate of drug-likeness (QED) is 0.683. The van der Waals surface area contributed by atoms with Gasteiger partial charge in [0.2, 0.25) is 5.91 Å². The van der Waals surface area contributed by atoms with Gasteiger partial charge in [-0.1, -0.05) is 13.8 Å². The lowest BCUT2D eigenvalue weighted by Gasteiger charge is -2.18. The van der Waals surface area contributed by atoms with Crippen LogP contribution in [0, 0.1) is 5.92 Å². The lowest BCUT2D eigenvalue weighted by atomic mass is 10.0. The van der Waals surface area contributed by atoms with Crippen LogP contribution in [0.2, 0.25) is 0 Å². The van der Waals surface area contributed by atoms with Crippen LogP contribution in [0.5, 0.6) is 0 Å². The van der Waals surface area contributed by atoms with Crippen molar-refractivity contribution in [2.24, 2.45) is 5.92 Å². The Hall–Kier alpha value is -1.06. The predicted molar refractivity (Wildman–Crippen MR) is 58.3 cm³/mol. The highest BCUT2D eigenvalue weighted by atomic mass is 16.5. The molecule has 0 rings (SSSR count). The molecule has 4 heteroatoms.